The van der Waals surface area contributed by atoms with E-state index in [4.69, 9.17) is 4.74 Å². The van der Waals surface area contributed by atoms with Gasteiger partial charge in [-0.2, -0.15) is 0 Å². The second-order valence-corrected chi connectivity index (χ2v) is 4.52. The number of nitrogens with one attached hydrogen (secondary N) is 1. The molecule has 2 rings (SSSR count). The molecular formula is C15H21N3O. The number of aryl methyl sites for hydroxylation is 1. The van der Waals surface area contributed by atoms with Crippen molar-refractivity contribution in [3.8, 4) is 0 Å². The van der Waals surface area contributed by atoms with Crippen LogP contribution < -0.4 is 5.32 Å². The molecule has 102 valence electrons. The molecule has 0 radical (unpaired) electrons. The number of anilines is 1. The highest BCUT2D eigenvalue weighted by Crippen LogP contribution is 2.12. The Morgan fingerprint density at radius 2 is 2.26 bits per heavy atom. The maximum absolute atomic E-state index is 5.14. The van der Waals surface area contributed by atoms with Gasteiger partial charge in [-0.05, 0) is 24.1 Å². The van der Waals surface area contributed by atoms with E-state index in [0.29, 0.717) is 6.61 Å². The van der Waals surface area contributed by atoms with Gasteiger partial charge in [-0.15, -0.1) is 0 Å². The molecule has 0 aliphatic carbocycles. The average Bonchev–Trinajstić information content (AvgIpc) is 2.85. The predicted molar refractivity (Wildman–Crippen MR) is 77.0 cm³/mol. The fourth-order valence-corrected chi connectivity index (χ4v) is 2.07. The van der Waals surface area contributed by atoms with Crippen LogP contribution >= 0.6 is 0 Å². The summed E-state index contributed by atoms with van der Waals surface area (Å²) in [4.78, 5) is 4.38. The number of imidazole rings is 1. The highest BCUT2D eigenvalue weighted by molar-refractivity contribution is 5.45. The third-order valence-electron chi connectivity index (χ3n) is 2.95. The van der Waals surface area contributed by atoms with Crippen LogP contribution in [0.2, 0.25) is 0 Å². The SMILES string of the molecule is CCCn1ccnc1CNc1cccc(COC)c1. The second-order valence-electron chi connectivity index (χ2n) is 4.52. The van der Waals surface area contributed by atoms with Crippen molar-refractivity contribution < 1.29 is 4.74 Å². The molecule has 0 bridgehead atoms. The van der Waals surface area contributed by atoms with Crippen molar-refractivity contribution in [1.82, 2.24) is 9.55 Å². The normalized spacial score (nSPS) is 10.6. The summed E-state index contributed by atoms with van der Waals surface area (Å²) < 4.78 is 7.33. The molecular weight excluding hydrogens is 238 g/mol. The molecule has 0 saturated carbocycles. The molecule has 0 saturated heterocycles. The van der Waals surface area contributed by atoms with Crippen molar-refractivity contribution in [1.29, 1.82) is 0 Å². The first-order valence-corrected chi connectivity index (χ1v) is 6.65. The summed E-state index contributed by atoms with van der Waals surface area (Å²) in [6.45, 7) is 4.57. The number of hydrogen-bond donors (Lipinski definition) is 1. The zero-order valence-electron chi connectivity index (χ0n) is 11.6. The van der Waals surface area contributed by atoms with Gasteiger partial charge in [0, 0.05) is 31.7 Å². The first-order valence-electron chi connectivity index (χ1n) is 6.65. The van der Waals surface area contributed by atoms with Crippen LogP contribution in [0.4, 0.5) is 5.69 Å². The van der Waals surface area contributed by atoms with E-state index >= 15 is 0 Å². The summed E-state index contributed by atoms with van der Waals surface area (Å²) in [7, 11) is 1.71. The Labute approximate surface area is 114 Å². The van der Waals surface area contributed by atoms with Gasteiger partial charge in [-0.3, -0.25) is 0 Å². The van der Waals surface area contributed by atoms with Crippen LogP contribution in [0, 0.1) is 0 Å². The van der Waals surface area contributed by atoms with Crippen LogP contribution in [-0.4, -0.2) is 16.7 Å². The molecule has 0 fully saturated rings. The van der Waals surface area contributed by atoms with Gasteiger partial charge in [0.25, 0.3) is 0 Å². The second kappa shape index (κ2) is 6.95. The Kier molecular flexibility index (Phi) is 4.98. The molecule has 0 aliphatic heterocycles. The van der Waals surface area contributed by atoms with Gasteiger partial charge in [0.15, 0.2) is 0 Å². The fourth-order valence-electron chi connectivity index (χ4n) is 2.07. The Morgan fingerprint density at radius 3 is 3.05 bits per heavy atom. The van der Waals surface area contributed by atoms with Gasteiger partial charge in [0.05, 0.1) is 13.2 Å². The maximum Gasteiger partial charge on any atom is 0.128 e. The van der Waals surface area contributed by atoms with Crippen LogP contribution in [0.1, 0.15) is 24.7 Å². The summed E-state index contributed by atoms with van der Waals surface area (Å²) in [5, 5.41) is 3.41. The number of nitrogens with zero attached hydrogens (tertiary/aromatic N) is 2. The Morgan fingerprint density at radius 1 is 1.37 bits per heavy atom. The number of aromatic nitrogens is 2. The van der Waals surface area contributed by atoms with Crippen LogP contribution in [0.3, 0.4) is 0 Å². The molecule has 1 aromatic heterocycles. The van der Waals surface area contributed by atoms with Crippen molar-refractivity contribution in [2.45, 2.75) is 33.0 Å². The van der Waals surface area contributed by atoms with E-state index in [0.717, 1.165) is 31.0 Å². The summed E-state index contributed by atoms with van der Waals surface area (Å²) in [6.07, 6.45) is 5.00. The van der Waals surface area contributed by atoms with E-state index in [-0.39, 0.29) is 0 Å². The lowest BCUT2D eigenvalue weighted by Crippen LogP contribution is -2.08. The molecule has 0 amide bonds. The summed E-state index contributed by atoms with van der Waals surface area (Å²) in [6, 6.07) is 8.27. The van der Waals surface area contributed by atoms with Gasteiger partial charge in [-0.1, -0.05) is 19.1 Å². The Balaban J connectivity index is 1.97. The minimum Gasteiger partial charge on any atom is -0.380 e. The molecule has 0 atom stereocenters. The highest BCUT2D eigenvalue weighted by atomic mass is 16.5. The van der Waals surface area contributed by atoms with Crippen molar-refractivity contribution >= 4 is 5.69 Å². The highest BCUT2D eigenvalue weighted by Gasteiger charge is 2.02. The van der Waals surface area contributed by atoms with Gasteiger partial charge in [0.2, 0.25) is 0 Å². The molecule has 1 heterocycles. The largest absolute Gasteiger partial charge is 0.380 e. The van der Waals surface area contributed by atoms with E-state index in [1.54, 1.807) is 7.11 Å². The predicted octanol–water partition coefficient (Wildman–Crippen LogP) is 3.05. The lowest BCUT2D eigenvalue weighted by molar-refractivity contribution is 0.185. The van der Waals surface area contributed by atoms with Crippen molar-refractivity contribution in [3.05, 3.63) is 48.0 Å². The van der Waals surface area contributed by atoms with E-state index in [1.165, 1.54) is 5.56 Å². The summed E-state index contributed by atoms with van der Waals surface area (Å²) in [5.74, 6) is 1.07. The van der Waals surface area contributed by atoms with E-state index in [2.05, 4.69) is 40.0 Å². The zero-order valence-corrected chi connectivity index (χ0v) is 11.6. The van der Waals surface area contributed by atoms with Crippen LogP contribution in [0.25, 0.3) is 0 Å². The molecule has 1 aromatic carbocycles. The van der Waals surface area contributed by atoms with E-state index in [9.17, 15) is 0 Å². The Hall–Kier alpha value is -1.81. The lowest BCUT2D eigenvalue weighted by atomic mass is 10.2. The van der Waals surface area contributed by atoms with Crippen molar-refractivity contribution in [2.24, 2.45) is 0 Å². The lowest BCUT2D eigenvalue weighted by Gasteiger charge is -2.10. The standard InChI is InChI=1S/C15H21N3O/c1-3-8-18-9-7-16-15(18)11-17-14-6-4-5-13(10-14)12-19-2/h4-7,9-10,17H,3,8,11-12H2,1-2H3. The molecule has 2 aromatic rings. The van der Waals surface area contributed by atoms with Crippen LogP contribution in [-0.2, 0) is 24.4 Å². The molecule has 1 N–H and O–H groups in total. The van der Waals surface area contributed by atoms with Gasteiger partial charge >= 0.3 is 0 Å². The Bertz CT molecular complexity index is 508. The number of methoxy groups -OCH3 is 1. The molecule has 4 heteroatoms. The summed E-state index contributed by atoms with van der Waals surface area (Å²) in [5.41, 5.74) is 2.27. The fraction of sp³-hybridized carbons (Fsp3) is 0.400. The van der Waals surface area contributed by atoms with Crippen LogP contribution in [0.15, 0.2) is 36.7 Å². The first kappa shape index (κ1) is 13.6. The van der Waals surface area contributed by atoms with Gasteiger partial charge in [-0.25, -0.2) is 4.98 Å². The molecule has 19 heavy (non-hydrogen) atoms. The minimum absolute atomic E-state index is 0.639. The van der Waals surface area contributed by atoms with Gasteiger partial charge < -0.3 is 14.6 Å². The molecule has 4 nitrogen and oxygen atoms in total. The molecule has 0 unspecified atom stereocenters. The van der Waals surface area contributed by atoms with E-state index in [1.807, 2.05) is 18.5 Å². The molecule has 0 aliphatic rings. The number of hydrogen-bond acceptors (Lipinski definition) is 3. The monoisotopic (exact) mass is 259 g/mol. The quantitative estimate of drug-likeness (QED) is 0.830. The third-order valence-corrected chi connectivity index (χ3v) is 2.95. The van der Waals surface area contributed by atoms with E-state index < -0.39 is 0 Å². The minimum atomic E-state index is 0.639. The smallest absolute Gasteiger partial charge is 0.128 e. The number of ether oxygens (including phenoxy) is 1. The summed E-state index contributed by atoms with van der Waals surface area (Å²) >= 11 is 0. The van der Waals surface area contributed by atoms with Gasteiger partial charge in [0.1, 0.15) is 5.82 Å². The number of benzene rings is 1. The van der Waals surface area contributed by atoms with Crippen molar-refractivity contribution in [2.75, 3.05) is 12.4 Å². The maximum atomic E-state index is 5.14. The van der Waals surface area contributed by atoms with Crippen LogP contribution in [0.5, 0.6) is 0 Å². The number of rotatable bonds is 7. The van der Waals surface area contributed by atoms with Crippen molar-refractivity contribution in [3.63, 3.8) is 0 Å². The zero-order chi connectivity index (χ0) is 13.5. The first-order chi connectivity index (χ1) is 9.33. The molecule has 0 spiro atoms. The third kappa shape index (κ3) is 3.83. The topological polar surface area (TPSA) is 39.1 Å². The average molecular weight is 259 g/mol.